The third-order valence-electron chi connectivity index (χ3n) is 16.5. The van der Waals surface area contributed by atoms with Crippen molar-refractivity contribution >= 4 is 55.4 Å². The van der Waals surface area contributed by atoms with Gasteiger partial charge >= 0.3 is 0 Å². The Kier molecular flexibility index (Phi) is 13.2. The molecule has 3 N–H and O–H groups in total. The number of aromatic nitrogens is 2. The molecule has 1 saturated carbocycles. The van der Waals surface area contributed by atoms with Crippen LogP contribution in [0, 0.1) is 15.5 Å². The van der Waals surface area contributed by atoms with E-state index in [2.05, 4.69) is 43.0 Å². The lowest BCUT2D eigenvalue weighted by Crippen LogP contribution is -2.57. The monoisotopic (exact) mass is 1070 g/mol. The Morgan fingerprint density at radius 3 is 2.53 bits per heavy atom. The van der Waals surface area contributed by atoms with Crippen molar-refractivity contribution in [2.24, 2.45) is 5.41 Å². The Hall–Kier alpha value is -6.33. The second kappa shape index (κ2) is 19.9. The molecule has 5 aromatic rings. The lowest BCUT2D eigenvalue weighted by atomic mass is 9.59. The quantitative estimate of drug-likeness (QED) is 0.0805. The van der Waals surface area contributed by atoms with E-state index in [1.54, 1.807) is 12.3 Å². The van der Waals surface area contributed by atoms with Gasteiger partial charge < -0.3 is 48.7 Å². The van der Waals surface area contributed by atoms with Gasteiger partial charge in [-0.15, -0.1) is 0 Å². The third kappa shape index (κ3) is 9.75. The molecule has 12 rings (SSSR count). The summed E-state index contributed by atoms with van der Waals surface area (Å²) in [7, 11) is -4.77. The molecule has 3 aromatic carbocycles. The van der Waals surface area contributed by atoms with E-state index in [1.165, 1.54) is 0 Å². The Bertz CT molecular complexity index is 3140. The average molecular weight is 1070 g/mol. The zero-order chi connectivity index (χ0) is 52.5. The van der Waals surface area contributed by atoms with Gasteiger partial charge in [0.05, 0.1) is 65.1 Å². The first-order valence-electron chi connectivity index (χ1n) is 26.5. The highest BCUT2D eigenvalue weighted by atomic mass is 32.2. The van der Waals surface area contributed by atoms with Crippen LogP contribution in [0.15, 0.2) is 77.8 Å². The number of carbonyl (C=O) groups is 1. The number of benzene rings is 3. The fourth-order valence-corrected chi connectivity index (χ4v) is 13.6. The number of hydrogen-bond acceptors (Lipinski definition) is 16. The first-order chi connectivity index (χ1) is 36.6. The van der Waals surface area contributed by atoms with E-state index in [0.29, 0.717) is 61.7 Å². The van der Waals surface area contributed by atoms with Crippen LogP contribution in [0.2, 0.25) is 0 Å². The molecule has 22 heteroatoms. The van der Waals surface area contributed by atoms with Crippen molar-refractivity contribution in [2.45, 2.75) is 106 Å². The minimum atomic E-state index is -4.77. The minimum Gasteiger partial charge on any atom is -0.491 e. The molecule has 1 aliphatic carbocycles. The van der Waals surface area contributed by atoms with E-state index in [1.807, 2.05) is 54.0 Å². The van der Waals surface area contributed by atoms with Crippen molar-refractivity contribution in [1.29, 1.82) is 0 Å². The standard InChI is InChI=1S/C54H63F2N9O10S/c1-33(2)74-46-6-4-3-5-39(46)45-31-72-22-20-63(45)37-27-53(28-37)11-18-62(19-12-53)36-7-8-40(42(24-36)64-41-10-21-71-32-48(41)75-52-44(64)23-34-9-15-57-50(34)59-52)51(66)60-76(69,70)38-25-43(65(67)68)49-47(26-38)73-30-35(58-49)29-61-16-13-54(55,56)14-17-61/h3-9,15,23-26,33,35,37,41,45,48,58H,10-14,16-22,27-32H2,1-2H3,(H,57,59)(H,60,66)/t35-,41+,45+,48+/m1/s1. The van der Waals surface area contributed by atoms with Crippen LogP contribution in [-0.2, 0) is 19.5 Å². The highest BCUT2D eigenvalue weighted by molar-refractivity contribution is 7.90. The van der Waals surface area contributed by atoms with Gasteiger partial charge in [0, 0.05) is 99.7 Å². The molecule has 1 spiro atoms. The number of likely N-dealkylation sites (tertiary alicyclic amines) is 1. The zero-order valence-electron chi connectivity index (χ0n) is 42.6. The van der Waals surface area contributed by atoms with Gasteiger partial charge in [0.15, 0.2) is 11.4 Å². The number of aromatic amines is 1. The molecular formula is C54H63F2N9O10S. The van der Waals surface area contributed by atoms with Crippen molar-refractivity contribution < 1.29 is 50.6 Å². The van der Waals surface area contributed by atoms with Crippen LogP contribution < -0.4 is 34.0 Å². The summed E-state index contributed by atoms with van der Waals surface area (Å²) in [5, 5.41) is 16.5. The topological polar surface area (TPSA) is 206 Å². The molecule has 1 amide bonds. The van der Waals surface area contributed by atoms with E-state index in [0.717, 1.165) is 79.8 Å². The van der Waals surface area contributed by atoms with Crippen LogP contribution in [0.5, 0.6) is 17.4 Å². The van der Waals surface area contributed by atoms with Gasteiger partial charge in [0.2, 0.25) is 5.88 Å². The lowest BCUT2D eigenvalue weighted by molar-refractivity contribution is -0.384. The fourth-order valence-electron chi connectivity index (χ4n) is 12.6. The number of ether oxygens (including phenoxy) is 5. The maximum absolute atomic E-state index is 14.8. The summed E-state index contributed by atoms with van der Waals surface area (Å²) in [6.45, 7) is 9.12. The van der Waals surface area contributed by atoms with Crippen molar-refractivity contribution in [3.63, 3.8) is 0 Å². The number of anilines is 4. The molecule has 2 aromatic heterocycles. The number of para-hydroxylation sites is 1. The summed E-state index contributed by atoms with van der Waals surface area (Å²) < 4.78 is 89.4. The van der Waals surface area contributed by atoms with E-state index in [4.69, 9.17) is 28.7 Å². The number of piperidine rings is 2. The average Bonchev–Trinajstić information content (AvgIpc) is 3.86. The molecule has 404 valence electrons. The number of pyridine rings is 1. The van der Waals surface area contributed by atoms with Gasteiger partial charge in [-0.25, -0.2) is 21.9 Å². The largest absolute Gasteiger partial charge is 0.491 e. The number of H-pyrrole nitrogens is 1. The van der Waals surface area contributed by atoms with Crippen molar-refractivity contribution in [3.8, 4) is 17.4 Å². The number of morpholine rings is 1. The number of nitrogens with zero attached hydrogens (tertiary/aromatic N) is 6. The predicted octanol–water partition coefficient (Wildman–Crippen LogP) is 7.79. The number of amides is 1. The number of hydrogen-bond donors (Lipinski definition) is 3. The van der Waals surface area contributed by atoms with Gasteiger partial charge in [-0.1, -0.05) is 18.2 Å². The number of nitro benzene ring substituents is 1. The number of rotatable bonds is 12. The van der Waals surface area contributed by atoms with Crippen molar-refractivity contribution in [1.82, 2.24) is 24.5 Å². The Balaban J connectivity index is 0.817. The summed E-state index contributed by atoms with van der Waals surface area (Å²) in [5.41, 5.74) is 3.33. The normalized spacial score (nSPS) is 24.6. The van der Waals surface area contributed by atoms with Crippen LogP contribution in [0.1, 0.15) is 80.8 Å². The van der Waals surface area contributed by atoms with Crippen LogP contribution >= 0.6 is 0 Å². The number of nitrogens with one attached hydrogen (secondary N) is 3. The maximum Gasteiger partial charge on any atom is 0.297 e. The summed E-state index contributed by atoms with van der Waals surface area (Å²) in [5.74, 6) is -2.53. The SMILES string of the molecule is CC(C)Oc1ccccc1[C@@H]1COCCN1C1CC2(CCN(c3ccc(C(=O)NS(=O)(=O)c4cc5c(c([N+](=O)[O-])c4)N[C@H](CN4CCC(F)(F)CC4)CO5)c(N4c5cc6cc[nH]c6nc5O[C@H]5COCC[C@@H]54)c3)CC2)C1. The van der Waals surface area contributed by atoms with Crippen LogP contribution in [-0.4, -0.2) is 148 Å². The Morgan fingerprint density at radius 1 is 0.947 bits per heavy atom. The molecule has 5 fully saturated rings. The summed E-state index contributed by atoms with van der Waals surface area (Å²) in [6.07, 6.45) is 5.45. The zero-order valence-corrected chi connectivity index (χ0v) is 43.4. The second-order valence-electron chi connectivity index (χ2n) is 21.8. The molecule has 6 aliphatic heterocycles. The van der Waals surface area contributed by atoms with Crippen LogP contribution in [0.3, 0.4) is 0 Å². The van der Waals surface area contributed by atoms with Crippen molar-refractivity contribution in [2.75, 3.05) is 87.4 Å². The van der Waals surface area contributed by atoms with Gasteiger partial charge in [0.1, 0.15) is 29.8 Å². The van der Waals surface area contributed by atoms with E-state index in [-0.39, 0.29) is 79.7 Å². The summed E-state index contributed by atoms with van der Waals surface area (Å²) >= 11 is 0. The number of fused-ring (bicyclic) bond motifs is 4. The molecule has 76 heavy (non-hydrogen) atoms. The smallest absolute Gasteiger partial charge is 0.297 e. The van der Waals surface area contributed by atoms with E-state index in [9.17, 15) is 32.1 Å². The predicted molar refractivity (Wildman–Crippen MR) is 279 cm³/mol. The maximum atomic E-state index is 14.8. The van der Waals surface area contributed by atoms with Crippen LogP contribution in [0.4, 0.5) is 37.2 Å². The molecule has 0 unspecified atom stereocenters. The molecule has 7 aliphatic rings. The molecule has 4 atom stereocenters. The van der Waals surface area contributed by atoms with Gasteiger partial charge in [-0.2, -0.15) is 4.98 Å². The summed E-state index contributed by atoms with van der Waals surface area (Å²) in [6, 6.07) is 19.4. The number of nitro groups is 1. The van der Waals surface area contributed by atoms with E-state index < -0.39 is 49.5 Å². The molecule has 0 radical (unpaired) electrons. The highest BCUT2D eigenvalue weighted by Gasteiger charge is 2.50. The first kappa shape index (κ1) is 50.5. The molecule has 4 saturated heterocycles. The van der Waals surface area contributed by atoms with E-state index >= 15 is 0 Å². The summed E-state index contributed by atoms with van der Waals surface area (Å²) in [4.78, 5) is 42.9. The molecule has 0 bridgehead atoms. The number of carbonyl (C=O) groups excluding carboxylic acids is 1. The number of sulfonamides is 1. The van der Waals surface area contributed by atoms with Gasteiger partial charge in [0.25, 0.3) is 27.5 Å². The van der Waals surface area contributed by atoms with Crippen LogP contribution in [0.25, 0.3) is 11.0 Å². The van der Waals surface area contributed by atoms with Gasteiger partial charge in [-0.05, 0) is 87.8 Å². The highest BCUT2D eigenvalue weighted by Crippen LogP contribution is 2.54. The third-order valence-corrected chi connectivity index (χ3v) is 17.9. The molecule has 19 nitrogen and oxygen atoms in total. The van der Waals surface area contributed by atoms with Crippen molar-refractivity contribution in [3.05, 3.63) is 94.2 Å². The fraction of sp³-hybridized carbons (Fsp3) is 0.519. The van der Waals surface area contributed by atoms with Gasteiger partial charge in [-0.3, -0.25) is 19.8 Å². The number of alkyl halides is 2. The lowest BCUT2D eigenvalue weighted by Gasteiger charge is -2.57. The first-order valence-corrected chi connectivity index (χ1v) is 28.0. The molecular weight excluding hydrogens is 1000 g/mol. The minimum absolute atomic E-state index is 0.00153. The Labute approximate surface area is 439 Å². The second-order valence-corrected chi connectivity index (χ2v) is 23.5. The number of halogens is 2. The Morgan fingerprint density at radius 2 is 1.74 bits per heavy atom. The molecule has 8 heterocycles.